The molecule has 0 bridgehead atoms. The van der Waals surface area contributed by atoms with Crippen molar-refractivity contribution in [3.8, 4) is 11.3 Å². The van der Waals surface area contributed by atoms with Crippen LogP contribution in [0.5, 0.6) is 0 Å². The number of likely N-dealkylation sites (tertiary alicyclic amines) is 1. The second kappa shape index (κ2) is 14.7. The van der Waals surface area contributed by atoms with Gasteiger partial charge in [0.15, 0.2) is 5.69 Å². The monoisotopic (exact) mass is 674 g/mol. The van der Waals surface area contributed by atoms with Crippen molar-refractivity contribution in [1.29, 1.82) is 0 Å². The number of halogens is 9. The van der Waals surface area contributed by atoms with Crippen LogP contribution in [0.25, 0.3) is 11.3 Å². The van der Waals surface area contributed by atoms with Gasteiger partial charge in [-0.15, -0.1) is 0 Å². The summed E-state index contributed by atoms with van der Waals surface area (Å²) in [5.74, 6) is -6.15. The van der Waals surface area contributed by atoms with E-state index in [9.17, 15) is 54.2 Å². The maximum absolute atomic E-state index is 13.8. The number of carboxylic acids is 2. The van der Waals surface area contributed by atoms with E-state index in [2.05, 4.69) is 10.4 Å². The second-order valence-corrected chi connectivity index (χ2v) is 11.0. The third kappa shape index (κ3) is 10.1. The molecule has 46 heavy (non-hydrogen) atoms. The van der Waals surface area contributed by atoms with E-state index in [-0.39, 0.29) is 55.5 Å². The van der Waals surface area contributed by atoms with Crippen molar-refractivity contribution in [2.24, 2.45) is 5.92 Å². The van der Waals surface area contributed by atoms with Crippen LogP contribution in [0, 0.1) is 5.92 Å². The van der Waals surface area contributed by atoms with E-state index < -0.39 is 60.3 Å². The molecule has 2 atom stereocenters. The number of nitrogens with zero attached hydrogens (tertiary/aromatic N) is 3. The largest absolute Gasteiger partial charge is 0.490 e. The molecule has 2 aliphatic rings. The summed E-state index contributed by atoms with van der Waals surface area (Å²) in [6.07, 6.45) is -11.3. The highest BCUT2D eigenvalue weighted by Crippen LogP contribution is 2.40. The predicted molar refractivity (Wildman–Crippen MR) is 143 cm³/mol. The molecule has 2 aromatic rings. The standard InChI is InChI=1S/C26H30F6N4O3.C2HF3O2/c27-25(28,29)16-9-11-35(15-16)12-10-17(13-23(37)38)33-24(39)21-14-22(36(34-21)18-5-1-2-6-18)19-7-3-4-8-20(19)26(30,31)32;3-2(4,5)1(6)7/h3-4,7-8,14,16-18H,1-2,5-6,9-13,15H2,(H,33,39)(H,37,38);(H,6,7)/t16?,17-;/m0./s1. The van der Waals surface area contributed by atoms with Crippen LogP contribution >= 0.6 is 0 Å². The first kappa shape index (κ1) is 36.6. The van der Waals surface area contributed by atoms with Crippen LogP contribution < -0.4 is 5.32 Å². The maximum Gasteiger partial charge on any atom is 0.490 e. The fraction of sp³-hybridized carbons (Fsp3) is 0.571. The normalized spacial score (nSPS) is 18.6. The number of aliphatic carboxylic acids is 2. The zero-order chi connectivity index (χ0) is 34.4. The van der Waals surface area contributed by atoms with E-state index in [0.717, 1.165) is 18.9 Å². The van der Waals surface area contributed by atoms with Gasteiger partial charge in [0.2, 0.25) is 0 Å². The van der Waals surface area contributed by atoms with Gasteiger partial charge in [0.05, 0.1) is 29.6 Å². The van der Waals surface area contributed by atoms with Crippen molar-refractivity contribution < 1.29 is 64.1 Å². The van der Waals surface area contributed by atoms with Crippen molar-refractivity contribution in [2.75, 3.05) is 19.6 Å². The first-order chi connectivity index (χ1) is 21.3. The van der Waals surface area contributed by atoms with Crippen molar-refractivity contribution >= 4 is 17.8 Å². The smallest absolute Gasteiger partial charge is 0.481 e. The lowest BCUT2D eigenvalue weighted by molar-refractivity contribution is -0.192. The minimum Gasteiger partial charge on any atom is -0.481 e. The Kier molecular flexibility index (Phi) is 11.7. The molecule has 18 heteroatoms. The van der Waals surface area contributed by atoms with Gasteiger partial charge in [-0.3, -0.25) is 14.3 Å². The molecule has 1 amide bonds. The number of carboxylic acid groups (broad SMARTS) is 2. The van der Waals surface area contributed by atoms with Crippen LogP contribution in [0.1, 0.15) is 67.0 Å². The lowest BCUT2D eigenvalue weighted by Gasteiger charge is -2.21. The average Bonchev–Trinajstić information content (AvgIpc) is 3.71. The van der Waals surface area contributed by atoms with Crippen molar-refractivity contribution in [2.45, 2.75) is 75.6 Å². The van der Waals surface area contributed by atoms with Crippen LogP contribution in [-0.4, -0.2) is 80.8 Å². The maximum atomic E-state index is 13.8. The van der Waals surface area contributed by atoms with Crippen molar-refractivity contribution in [3.63, 3.8) is 0 Å². The van der Waals surface area contributed by atoms with Gasteiger partial charge in [-0.1, -0.05) is 31.0 Å². The predicted octanol–water partition coefficient (Wildman–Crippen LogP) is 6.16. The Bertz CT molecular complexity index is 1370. The number of carbonyl (C=O) groups excluding carboxylic acids is 1. The lowest BCUT2D eigenvalue weighted by Crippen LogP contribution is -2.39. The van der Waals surface area contributed by atoms with Crippen molar-refractivity contribution in [3.05, 3.63) is 41.6 Å². The first-order valence-corrected chi connectivity index (χ1v) is 14.1. The van der Waals surface area contributed by atoms with Gasteiger partial charge in [0.1, 0.15) is 0 Å². The fourth-order valence-electron chi connectivity index (χ4n) is 5.42. The summed E-state index contributed by atoms with van der Waals surface area (Å²) < 4.78 is 113. The highest BCUT2D eigenvalue weighted by atomic mass is 19.4. The third-order valence-electron chi connectivity index (χ3n) is 7.68. The molecule has 0 spiro atoms. The Morgan fingerprint density at radius 1 is 0.957 bits per heavy atom. The molecule has 2 fully saturated rings. The molecule has 9 nitrogen and oxygen atoms in total. The van der Waals surface area contributed by atoms with Gasteiger partial charge >= 0.3 is 30.5 Å². The molecule has 3 N–H and O–H groups in total. The Morgan fingerprint density at radius 2 is 1.57 bits per heavy atom. The Labute approximate surface area is 256 Å². The third-order valence-corrected chi connectivity index (χ3v) is 7.68. The number of amides is 1. The fourth-order valence-corrected chi connectivity index (χ4v) is 5.42. The van der Waals surface area contributed by atoms with Gasteiger partial charge in [-0.2, -0.15) is 44.6 Å². The highest BCUT2D eigenvalue weighted by Gasteiger charge is 2.43. The molecule has 1 unspecified atom stereocenters. The molecule has 4 rings (SSSR count). The van der Waals surface area contributed by atoms with Gasteiger partial charge < -0.3 is 20.4 Å². The number of rotatable bonds is 9. The molecular weight excluding hydrogens is 643 g/mol. The number of hydrogen-bond donors (Lipinski definition) is 3. The molecular formula is C28H31F9N4O5. The zero-order valence-corrected chi connectivity index (χ0v) is 24.1. The van der Waals surface area contributed by atoms with Crippen LogP contribution in [-0.2, 0) is 15.8 Å². The Morgan fingerprint density at radius 3 is 2.09 bits per heavy atom. The first-order valence-electron chi connectivity index (χ1n) is 14.1. The number of carbonyl (C=O) groups is 3. The zero-order valence-electron chi connectivity index (χ0n) is 24.1. The molecule has 1 saturated carbocycles. The van der Waals surface area contributed by atoms with E-state index in [1.165, 1.54) is 28.9 Å². The summed E-state index contributed by atoms with van der Waals surface area (Å²) in [6, 6.07) is 5.24. The lowest BCUT2D eigenvalue weighted by atomic mass is 10.0. The summed E-state index contributed by atoms with van der Waals surface area (Å²) >= 11 is 0. The van der Waals surface area contributed by atoms with Gasteiger partial charge in [0, 0.05) is 24.7 Å². The van der Waals surface area contributed by atoms with Gasteiger partial charge in [-0.25, -0.2) is 4.79 Å². The summed E-state index contributed by atoms with van der Waals surface area (Å²) in [5, 5.41) is 23.4. The molecule has 1 aliphatic heterocycles. The van der Waals surface area contributed by atoms with Crippen molar-refractivity contribution in [1.82, 2.24) is 20.0 Å². The molecule has 2 heterocycles. The Hall–Kier alpha value is -3.83. The Balaban J connectivity index is 0.000000738. The number of alkyl halides is 9. The molecule has 0 radical (unpaired) electrons. The number of hydrogen-bond acceptors (Lipinski definition) is 5. The highest BCUT2D eigenvalue weighted by molar-refractivity contribution is 5.94. The summed E-state index contributed by atoms with van der Waals surface area (Å²) in [5.41, 5.74) is -0.978. The minimum atomic E-state index is -5.08. The number of aromatic nitrogens is 2. The van der Waals surface area contributed by atoms with E-state index in [0.29, 0.717) is 12.8 Å². The molecule has 1 aromatic carbocycles. The van der Waals surface area contributed by atoms with E-state index in [1.807, 2.05) is 0 Å². The van der Waals surface area contributed by atoms with Crippen LogP contribution in [0.2, 0.25) is 0 Å². The summed E-state index contributed by atoms with van der Waals surface area (Å²) in [6.45, 7) is 0.183. The molecule has 1 saturated heterocycles. The topological polar surface area (TPSA) is 125 Å². The minimum absolute atomic E-state index is 0.0414. The summed E-state index contributed by atoms with van der Waals surface area (Å²) in [7, 11) is 0. The van der Waals surface area contributed by atoms with Crippen LogP contribution in [0.3, 0.4) is 0 Å². The average molecular weight is 675 g/mol. The molecule has 1 aromatic heterocycles. The number of nitrogens with one attached hydrogen (secondary N) is 1. The molecule has 256 valence electrons. The van der Waals surface area contributed by atoms with E-state index in [1.54, 1.807) is 4.90 Å². The van der Waals surface area contributed by atoms with E-state index in [4.69, 9.17) is 9.90 Å². The second-order valence-electron chi connectivity index (χ2n) is 11.0. The van der Waals surface area contributed by atoms with Crippen LogP contribution in [0.4, 0.5) is 39.5 Å². The molecule has 1 aliphatic carbocycles. The summed E-state index contributed by atoms with van der Waals surface area (Å²) in [4.78, 5) is 35.0. The quantitative estimate of drug-likeness (QED) is 0.272. The van der Waals surface area contributed by atoms with E-state index >= 15 is 0 Å². The van der Waals surface area contributed by atoms with Gasteiger partial charge in [0.25, 0.3) is 5.91 Å². The van der Waals surface area contributed by atoms with Gasteiger partial charge in [-0.05, 0) is 44.4 Å². The SMILES string of the molecule is O=C(O)C(F)(F)F.O=C(O)C[C@H](CCN1CCC(C(F)(F)F)C1)NC(=O)c1cc(-c2ccccc2C(F)(F)F)n(C2CCCC2)n1. The number of benzene rings is 1. The van der Waals surface area contributed by atoms with Crippen LogP contribution in [0.15, 0.2) is 30.3 Å².